The Morgan fingerprint density at radius 3 is 2.65 bits per heavy atom. The topological polar surface area (TPSA) is 47.1 Å². The lowest BCUT2D eigenvalue weighted by atomic mass is 10.0. The third-order valence-electron chi connectivity index (χ3n) is 3.52. The zero-order valence-corrected chi connectivity index (χ0v) is 11.2. The van der Waals surface area contributed by atoms with E-state index in [0.29, 0.717) is 6.04 Å². The van der Waals surface area contributed by atoms with Gasteiger partial charge in [0.15, 0.2) is 0 Å². The highest BCUT2D eigenvalue weighted by Gasteiger charge is 2.23. The molecule has 2 heterocycles. The molecular formula is C13H24N4. The van der Waals surface area contributed by atoms with Crippen LogP contribution in [0.4, 0.5) is 0 Å². The smallest absolute Gasteiger partial charge is 0.0951 e. The van der Waals surface area contributed by atoms with Crippen molar-refractivity contribution in [2.45, 2.75) is 45.2 Å². The molecule has 1 aromatic heterocycles. The summed E-state index contributed by atoms with van der Waals surface area (Å²) in [6.45, 7) is 9.88. The van der Waals surface area contributed by atoms with E-state index in [-0.39, 0.29) is 5.54 Å². The summed E-state index contributed by atoms with van der Waals surface area (Å²) in [7, 11) is 0. The number of nitrogens with zero attached hydrogens (tertiary/aromatic N) is 3. The predicted molar refractivity (Wildman–Crippen MR) is 69.8 cm³/mol. The van der Waals surface area contributed by atoms with Gasteiger partial charge in [-0.05, 0) is 46.7 Å². The summed E-state index contributed by atoms with van der Waals surface area (Å²) >= 11 is 0. The van der Waals surface area contributed by atoms with Crippen molar-refractivity contribution >= 4 is 0 Å². The van der Waals surface area contributed by atoms with Crippen LogP contribution >= 0.6 is 0 Å². The van der Waals surface area contributed by atoms with Crippen LogP contribution in [0.1, 0.15) is 45.3 Å². The Hall–Kier alpha value is -0.870. The van der Waals surface area contributed by atoms with Crippen molar-refractivity contribution in [2.75, 3.05) is 19.6 Å². The standard InChI is InChI=1S/C13H24N4/c1-11(9-16-6-4-5-7-16)17-10-15-8-12(17)13(2,3)14/h8,10-11H,4-7,9,14H2,1-3H3. The fraction of sp³-hybridized carbons (Fsp3) is 0.769. The maximum atomic E-state index is 6.17. The van der Waals surface area contributed by atoms with Crippen LogP contribution in [-0.4, -0.2) is 34.1 Å². The molecule has 1 aliphatic rings. The molecule has 0 amide bonds. The zero-order chi connectivity index (χ0) is 12.5. The third kappa shape index (κ3) is 2.87. The number of imidazole rings is 1. The van der Waals surface area contributed by atoms with Gasteiger partial charge in [0.05, 0.1) is 17.6 Å². The fourth-order valence-electron chi connectivity index (χ4n) is 2.58. The van der Waals surface area contributed by atoms with Crippen molar-refractivity contribution in [1.29, 1.82) is 0 Å². The van der Waals surface area contributed by atoms with Gasteiger partial charge in [-0.3, -0.25) is 0 Å². The minimum Gasteiger partial charge on any atom is -0.329 e. The number of likely N-dealkylation sites (tertiary alicyclic amines) is 1. The van der Waals surface area contributed by atoms with E-state index in [4.69, 9.17) is 5.73 Å². The molecule has 1 saturated heterocycles. The van der Waals surface area contributed by atoms with Gasteiger partial charge in [0.2, 0.25) is 0 Å². The minimum atomic E-state index is -0.324. The van der Waals surface area contributed by atoms with Gasteiger partial charge in [-0.2, -0.15) is 0 Å². The zero-order valence-electron chi connectivity index (χ0n) is 11.2. The summed E-state index contributed by atoms with van der Waals surface area (Å²) in [5.41, 5.74) is 6.96. The SMILES string of the molecule is CC(CN1CCCC1)n1cncc1C(C)(C)N. The first-order valence-electron chi connectivity index (χ1n) is 6.52. The Bertz CT molecular complexity index is 358. The van der Waals surface area contributed by atoms with Crippen LogP contribution < -0.4 is 5.73 Å². The average Bonchev–Trinajstić information content (AvgIpc) is 2.85. The van der Waals surface area contributed by atoms with E-state index in [0.717, 1.165) is 12.2 Å². The second-order valence-corrected chi connectivity index (χ2v) is 5.76. The van der Waals surface area contributed by atoms with Crippen molar-refractivity contribution in [3.05, 3.63) is 18.2 Å². The number of hydrogen-bond acceptors (Lipinski definition) is 3. The first-order valence-corrected chi connectivity index (χ1v) is 6.52. The van der Waals surface area contributed by atoms with E-state index in [1.54, 1.807) is 0 Å². The van der Waals surface area contributed by atoms with Crippen LogP contribution in [0.15, 0.2) is 12.5 Å². The van der Waals surface area contributed by atoms with Gasteiger partial charge < -0.3 is 15.2 Å². The summed E-state index contributed by atoms with van der Waals surface area (Å²) in [6, 6.07) is 0.438. The van der Waals surface area contributed by atoms with Crippen molar-refractivity contribution in [2.24, 2.45) is 5.73 Å². The second-order valence-electron chi connectivity index (χ2n) is 5.76. The Labute approximate surface area is 104 Å². The number of nitrogens with two attached hydrogens (primary N) is 1. The minimum absolute atomic E-state index is 0.324. The highest BCUT2D eigenvalue weighted by molar-refractivity contribution is 5.11. The van der Waals surface area contributed by atoms with E-state index in [9.17, 15) is 0 Å². The summed E-state index contributed by atoms with van der Waals surface area (Å²) in [5.74, 6) is 0. The molecule has 0 bridgehead atoms. The number of aromatic nitrogens is 2. The molecule has 1 fully saturated rings. The highest BCUT2D eigenvalue weighted by Crippen LogP contribution is 2.21. The fourth-order valence-corrected chi connectivity index (χ4v) is 2.58. The van der Waals surface area contributed by atoms with Gasteiger partial charge in [0.1, 0.15) is 0 Å². The van der Waals surface area contributed by atoms with E-state index in [1.807, 2.05) is 26.4 Å². The monoisotopic (exact) mass is 236 g/mol. The first kappa shape index (κ1) is 12.6. The molecule has 0 saturated carbocycles. The highest BCUT2D eigenvalue weighted by atomic mass is 15.2. The van der Waals surface area contributed by atoms with Crippen molar-refractivity contribution in [3.63, 3.8) is 0 Å². The molecule has 1 aliphatic heterocycles. The maximum Gasteiger partial charge on any atom is 0.0951 e. The van der Waals surface area contributed by atoms with Gasteiger partial charge in [-0.15, -0.1) is 0 Å². The predicted octanol–water partition coefficient (Wildman–Crippen LogP) is 1.73. The van der Waals surface area contributed by atoms with Crippen LogP contribution in [-0.2, 0) is 5.54 Å². The normalized spacial score (nSPS) is 19.8. The average molecular weight is 236 g/mol. The molecule has 17 heavy (non-hydrogen) atoms. The Morgan fingerprint density at radius 1 is 1.41 bits per heavy atom. The Morgan fingerprint density at radius 2 is 2.06 bits per heavy atom. The van der Waals surface area contributed by atoms with Gasteiger partial charge in [-0.25, -0.2) is 4.98 Å². The Balaban J connectivity index is 2.08. The molecule has 0 spiro atoms. The first-order chi connectivity index (χ1) is 7.98. The summed E-state index contributed by atoms with van der Waals surface area (Å²) in [5, 5.41) is 0. The largest absolute Gasteiger partial charge is 0.329 e. The molecule has 4 nitrogen and oxygen atoms in total. The van der Waals surface area contributed by atoms with Crippen LogP contribution in [0.3, 0.4) is 0 Å². The molecule has 4 heteroatoms. The number of rotatable bonds is 4. The molecule has 2 N–H and O–H groups in total. The molecule has 2 rings (SSSR count). The van der Waals surface area contributed by atoms with Crippen LogP contribution in [0.25, 0.3) is 0 Å². The van der Waals surface area contributed by atoms with Crippen LogP contribution in [0.5, 0.6) is 0 Å². The molecule has 0 aliphatic carbocycles. The second kappa shape index (κ2) is 4.78. The molecule has 1 aromatic rings. The lowest BCUT2D eigenvalue weighted by Crippen LogP contribution is -2.34. The molecule has 96 valence electrons. The third-order valence-corrected chi connectivity index (χ3v) is 3.52. The number of hydrogen-bond donors (Lipinski definition) is 1. The maximum absolute atomic E-state index is 6.17. The molecular weight excluding hydrogens is 212 g/mol. The van der Waals surface area contributed by atoms with Crippen molar-refractivity contribution in [3.8, 4) is 0 Å². The van der Waals surface area contributed by atoms with E-state index >= 15 is 0 Å². The molecule has 0 aromatic carbocycles. The van der Waals surface area contributed by atoms with Crippen molar-refractivity contribution in [1.82, 2.24) is 14.5 Å². The van der Waals surface area contributed by atoms with Gasteiger partial charge >= 0.3 is 0 Å². The van der Waals surface area contributed by atoms with Gasteiger partial charge in [0.25, 0.3) is 0 Å². The summed E-state index contributed by atoms with van der Waals surface area (Å²) < 4.78 is 2.22. The van der Waals surface area contributed by atoms with E-state index in [1.165, 1.54) is 25.9 Å². The van der Waals surface area contributed by atoms with Gasteiger partial charge in [0, 0.05) is 18.8 Å². The lowest BCUT2D eigenvalue weighted by molar-refractivity contribution is 0.280. The summed E-state index contributed by atoms with van der Waals surface area (Å²) in [4.78, 5) is 6.77. The van der Waals surface area contributed by atoms with Gasteiger partial charge in [-0.1, -0.05) is 0 Å². The summed E-state index contributed by atoms with van der Waals surface area (Å²) in [6.07, 6.45) is 6.48. The van der Waals surface area contributed by atoms with Crippen molar-refractivity contribution < 1.29 is 0 Å². The Kier molecular flexibility index (Phi) is 3.54. The van der Waals surface area contributed by atoms with Crippen LogP contribution in [0, 0.1) is 0 Å². The lowest BCUT2D eigenvalue weighted by Gasteiger charge is -2.27. The molecule has 0 radical (unpaired) electrons. The van der Waals surface area contributed by atoms with E-state index < -0.39 is 0 Å². The molecule has 1 atom stereocenters. The van der Waals surface area contributed by atoms with E-state index in [2.05, 4.69) is 21.4 Å². The quantitative estimate of drug-likeness (QED) is 0.866. The molecule has 1 unspecified atom stereocenters. The van der Waals surface area contributed by atoms with Crippen LogP contribution in [0.2, 0.25) is 0 Å².